The second-order valence-corrected chi connectivity index (χ2v) is 5.44. The summed E-state index contributed by atoms with van der Waals surface area (Å²) in [4.78, 5) is 0. The number of aryl methyl sites for hydroxylation is 2. The van der Waals surface area contributed by atoms with E-state index < -0.39 is 0 Å². The molecule has 0 heterocycles. The van der Waals surface area contributed by atoms with Crippen molar-refractivity contribution in [2.75, 3.05) is 12.8 Å². The summed E-state index contributed by atoms with van der Waals surface area (Å²) in [6, 6.07) is 7.47. The lowest BCUT2D eigenvalue weighted by molar-refractivity contribution is 0.602. The van der Waals surface area contributed by atoms with Gasteiger partial charge in [0.2, 0.25) is 0 Å². The van der Waals surface area contributed by atoms with Crippen LogP contribution in [0.3, 0.4) is 0 Å². The van der Waals surface area contributed by atoms with Crippen LogP contribution in [0.1, 0.15) is 30.0 Å². The van der Waals surface area contributed by atoms with Crippen molar-refractivity contribution in [3.05, 3.63) is 34.9 Å². The van der Waals surface area contributed by atoms with E-state index in [0.29, 0.717) is 6.04 Å². The molecule has 1 N–H and O–H groups in total. The second-order valence-electron chi connectivity index (χ2n) is 4.40. The molecule has 0 radical (unpaired) electrons. The van der Waals surface area contributed by atoms with Crippen LogP contribution < -0.4 is 5.32 Å². The molecule has 0 spiro atoms. The highest BCUT2D eigenvalue weighted by Crippen LogP contribution is 2.17. The van der Waals surface area contributed by atoms with E-state index in [1.807, 2.05) is 18.8 Å². The first kappa shape index (κ1) is 13.6. The van der Waals surface area contributed by atoms with Crippen molar-refractivity contribution in [3.8, 4) is 0 Å². The molecule has 1 aromatic carbocycles. The van der Waals surface area contributed by atoms with Gasteiger partial charge >= 0.3 is 0 Å². The van der Waals surface area contributed by atoms with Gasteiger partial charge in [-0.15, -0.1) is 0 Å². The molecule has 1 unspecified atom stereocenters. The van der Waals surface area contributed by atoms with Crippen LogP contribution in [0.2, 0.25) is 0 Å². The van der Waals surface area contributed by atoms with Gasteiger partial charge in [-0.25, -0.2) is 0 Å². The fraction of sp³-hybridized carbons (Fsp3) is 0.571. The largest absolute Gasteiger partial charge is 0.316 e. The zero-order chi connectivity index (χ0) is 12.0. The van der Waals surface area contributed by atoms with E-state index in [1.165, 1.54) is 28.9 Å². The number of rotatable bonds is 6. The normalized spacial score (nSPS) is 12.8. The highest BCUT2D eigenvalue weighted by molar-refractivity contribution is 7.98. The molecule has 0 amide bonds. The van der Waals surface area contributed by atoms with Gasteiger partial charge in [-0.2, -0.15) is 11.8 Å². The lowest BCUT2D eigenvalue weighted by Crippen LogP contribution is -2.26. The summed E-state index contributed by atoms with van der Waals surface area (Å²) in [5.74, 6) is 2.32. The van der Waals surface area contributed by atoms with Crippen molar-refractivity contribution in [1.82, 2.24) is 5.32 Å². The Labute approximate surface area is 104 Å². The van der Waals surface area contributed by atoms with Crippen LogP contribution in [-0.2, 0) is 5.75 Å². The molecule has 16 heavy (non-hydrogen) atoms. The Morgan fingerprint density at radius 1 is 1.19 bits per heavy atom. The molecule has 1 atom stereocenters. The van der Waals surface area contributed by atoms with Gasteiger partial charge in [-0.3, -0.25) is 0 Å². The maximum Gasteiger partial charge on any atom is 0.0185 e. The van der Waals surface area contributed by atoms with E-state index in [4.69, 9.17) is 0 Å². The van der Waals surface area contributed by atoms with Gasteiger partial charge < -0.3 is 5.32 Å². The van der Waals surface area contributed by atoms with Crippen molar-refractivity contribution in [1.29, 1.82) is 0 Å². The minimum absolute atomic E-state index is 0.649. The molecule has 0 saturated heterocycles. The Balaban J connectivity index is 2.42. The molecule has 0 aliphatic rings. The monoisotopic (exact) mass is 237 g/mol. The van der Waals surface area contributed by atoms with E-state index in [0.717, 1.165) is 5.75 Å². The fourth-order valence-electron chi connectivity index (χ4n) is 1.88. The van der Waals surface area contributed by atoms with Crippen LogP contribution in [0.15, 0.2) is 18.2 Å². The van der Waals surface area contributed by atoms with Gasteiger partial charge in [0, 0.05) is 17.5 Å². The summed E-state index contributed by atoms with van der Waals surface area (Å²) >= 11 is 2.02. The molecule has 90 valence electrons. The van der Waals surface area contributed by atoms with Crippen molar-refractivity contribution >= 4 is 11.8 Å². The van der Waals surface area contributed by atoms with Crippen LogP contribution in [0.4, 0.5) is 0 Å². The smallest absolute Gasteiger partial charge is 0.0185 e. The topological polar surface area (TPSA) is 12.0 Å². The SMILES string of the molecule is CCC(CSCc1cc(C)cc(C)c1)NC. The van der Waals surface area contributed by atoms with Crippen LogP contribution in [-0.4, -0.2) is 18.8 Å². The van der Waals surface area contributed by atoms with Gasteiger partial charge in [0.25, 0.3) is 0 Å². The third kappa shape index (κ3) is 4.58. The van der Waals surface area contributed by atoms with Crippen molar-refractivity contribution in [3.63, 3.8) is 0 Å². The zero-order valence-corrected chi connectivity index (χ0v) is 11.7. The predicted octanol–water partition coefficient (Wildman–Crippen LogP) is 3.53. The van der Waals surface area contributed by atoms with Crippen LogP contribution in [0.25, 0.3) is 0 Å². The first-order valence-corrected chi connectivity index (χ1v) is 7.13. The summed E-state index contributed by atoms with van der Waals surface area (Å²) in [5, 5.41) is 3.34. The van der Waals surface area contributed by atoms with Crippen LogP contribution >= 0.6 is 11.8 Å². The summed E-state index contributed by atoms with van der Waals surface area (Å²) < 4.78 is 0. The number of hydrogen-bond acceptors (Lipinski definition) is 2. The molecule has 0 aliphatic carbocycles. The molecular formula is C14H23NS. The van der Waals surface area contributed by atoms with E-state index in [2.05, 4.69) is 44.3 Å². The Morgan fingerprint density at radius 2 is 1.81 bits per heavy atom. The lowest BCUT2D eigenvalue weighted by atomic mass is 10.1. The Hall–Kier alpha value is -0.470. The second kappa shape index (κ2) is 6.97. The third-order valence-corrected chi connectivity index (χ3v) is 3.95. The molecule has 0 bridgehead atoms. The number of hydrogen-bond donors (Lipinski definition) is 1. The van der Waals surface area contributed by atoms with Crippen LogP contribution in [0.5, 0.6) is 0 Å². The fourth-order valence-corrected chi connectivity index (χ4v) is 3.08. The molecule has 2 heteroatoms. The summed E-state index contributed by atoms with van der Waals surface area (Å²) in [7, 11) is 2.05. The molecule has 0 saturated carbocycles. The maximum atomic E-state index is 3.34. The highest BCUT2D eigenvalue weighted by Gasteiger charge is 2.03. The van der Waals surface area contributed by atoms with Gasteiger partial charge in [0.05, 0.1) is 0 Å². The number of thioether (sulfide) groups is 1. The Bertz CT molecular complexity index is 298. The zero-order valence-electron chi connectivity index (χ0n) is 10.8. The first-order valence-electron chi connectivity index (χ1n) is 5.98. The van der Waals surface area contributed by atoms with E-state index in [-0.39, 0.29) is 0 Å². The van der Waals surface area contributed by atoms with E-state index >= 15 is 0 Å². The maximum absolute atomic E-state index is 3.34. The van der Waals surface area contributed by atoms with Crippen molar-refractivity contribution in [2.45, 2.75) is 39.0 Å². The molecule has 1 aromatic rings. The summed E-state index contributed by atoms with van der Waals surface area (Å²) in [5.41, 5.74) is 4.20. The predicted molar refractivity (Wildman–Crippen MR) is 75.2 cm³/mol. The highest BCUT2D eigenvalue weighted by atomic mass is 32.2. The van der Waals surface area contributed by atoms with Gasteiger partial charge in [-0.1, -0.05) is 36.2 Å². The Morgan fingerprint density at radius 3 is 2.31 bits per heavy atom. The summed E-state index contributed by atoms with van der Waals surface area (Å²) in [6.07, 6.45) is 1.20. The van der Waals surface area contributed by atoms with E-state index in [9.17, 15) is 0 Å². The molecule has 1 nitrogen and oxygen atoms in total. The van der Waals surface area contributed by atoms with E-state index in [1.54, 1.807) is 0 Å². The molecule has 0 fully saturated rings. The van der Waals surface area contributed by atoms with Crippen molar-refractivity contribution in [2.24, 2.45) is 0 Å². The average molecular weight is 237 g/mol. The van der Waals surface area contributed by atoms with Gasteiger partial charge in [0.1, 0.15) is 0 Å². The average Bonchev–Trinajstić information content (AvgIpc) is 2.23. The minimum Gasteiger partial charge on any atom is -0.316 e. The molecular weight excluding hydrogens is 214 g/mol. The number of nitrogens with one attached hydrogen (secondary N) is 1. The number of benzene rings is 1. The van der Waals surface area contributed by atoms with Gasteiger partial charge in [-0.05, 0) is 32.9 Å². The molecule has 1 rings (SSSR count). The quantitative estimate of drug-likeness (QED) is 0.812. The first-order chi connectivity index (χ1) is 7.65. The standard InChI is InChI=1S/C14H23NS/c1-5-14(15-4)10-16-9-13-7-11(2)6-12(3)8-13/h6-8,14-15H,5,9-10H2,1-4H3. The Kier molecular flexibility index (Phi) is 5.93. The van der Waals surface area contributed by atoms with Gasteiger partial charge in [0.15, 0.2) is 0 Å². The van der Waals surface area contributed by atoms with Crippen LogP contribution in [0, 0.1) is 13.8 Å². The molecule has 0 aliphatic heterocycles. The third-order valence-electron chi connectivity index (χ3n) is 2.77. The minimum atomic E-state index is 0.649. The summed E-state index contributed by atoms with van der Waals surface area (Å²) in [6.45, 7) is 6.58. The molecule has 0 aromatic heterocycles. The lowest BCUT2D eigenvalue weighted by Gasteiger charge is -2.13. The van der Waals surface area contributed by atoms with Crippen molar-refractivity contribution < 1.29 is 0 Å².